The van der Waals surface area contributed by atoms with Gasteiger partial charge in [0.05, 0.1) is 5.69 Å². The molecule has 0 aliphatic heterocycles. The van der Waals surface area contributed by atoms with Crippen LogP contribution >= 0.6 is 0 Å². The summed E-state index contributed by atoms with van der Waals surface area (Å²) in [7, 11) is 0. The number of nitrogens with zero attached hydrogens (tertiary/aromatic N) is 2. The van der Waals surface area contributed by atoms with Crippen molar-refractivity contribution in [1.29, 1.82) is 0 Å². The summed E-state index contributed by atoms with van der Waals surface area (Å²) in [6, 6.07) is 64.8. The van der Waals surface area contributed by atoms with E-state index in [4.69, 9.17) is 4.74 Å². The Hall–Kier alpha value is -6.71. The van der Waals surface area contributed by atoms with Crippen molar-refractivity contribution in [2.45, 2.75) is 25.9 Å². The van der Waals surface area contributed by atoms with Gasteiger partial charge in [-0.05, 0) is 87.4 Å². The number of para-hydroxylation sites is 1. The van der Waals surface area contributed by atoms with Gasteiger partial charge < -0.3 is 9.64 Å². The third-order valence-corrected chi connectivity index (χ3v) is 10.9. The van der Waals surface area contributed by atoms with E-state index in [2.05, 4.69) is 188 Å². The van der Waals surface area contributed by atoms with Crippen molar-refractivity contribution < 1.29 is 4.74 Å². The first-order chi connectivity index (χ1) is 26.5. The lowest BCUT2D eigenvalue weighted by Crippen LogP contribution is -2.15. The second-order valence-corrected chi connectivity index (χ2v) is 14.4. The molecule has 54 heavy (non-hydrogen) atoms. The molecule has 8 aromatic rings. The Morgan fingerprint density at radius 3 is 1.93 bits per heavy atom. The molecule has 0 radical (unpaired) electrons. The maximum Gasteiger partial charge on any atom is 0.153 e. The smallest absolute Gasteiger partial charge is 0.153 e. The third kappa shape index (κ3) is 5.75. The molecule has 260 valence electrons. The highest BCUT2D eigenvalue weighted by molar-refractivity contribution is 6.02. The van der Waals surface area contributed by atoms with Crippen LogP contribution in [0, 0.1) is 0 Å². The fraction of sp³-hybridized carbons (Fsp3) is 0.0784. The Morgan fingerprint density at radius 1 is 0.537 bits per heavy atom. The number of benzene rings is 8. The summed E-state index contributed by atoms with van der Waals surface area (Å²) in [5.41, 5.74) is 14.7. The summed E-state index contributed by atoms with van der Waals surface area (Å²) in [4.78, 5) is 6.93. The van der Waals surface area contributed by atoms with Crippen molar-refractivity contribution in [3.8, 4) is 39.1 Å². The summed E-state index contributed by atoms with van der Waals surface area (Å²) in [6.07, 6.45) is 0. The normalized spacial score (nSPS) is 12.6. The van der Waals surface area contributed by atoms with E-state index in [1.807, 2.05) is 24.3 Å². The molecule has 3 nitrogen and oxygen atoms in total. The van der Waals surface area contributed by atoms with Crippen LogP contribution < -0.4 is 9.64 Å². The average Bonchev–Trinajstić information content (AvgIpc) is 3.46. The summed E-state index contributed by atoms with van der Waals surface area (Å²) >= 11 is 0. The first-order valence-corrected chi connectivity index (χ1v) is 18.5. The minimum absolute atomic E-state index is 0.0713. The number of aliphatic imine (C=N–C) groups is 1. The molecular formula is C51H40N2O. The molecule has 0 N–H and O–H groups in total. The van der Waals surface area contributed by atoms with Gasteiger partial charge in [0.1, 0.15) is 12.3 Å². The molecule has 0 spiro atoms. The lowest BCUT2D eigenvalue weighted by atomic mass is 9.82. The molecule has 1 aliphatic rings. The Bertz CT molecular complexity index is 2640. The van der Waals surface area contributed by atoms with Gasteiger partial charge in [-0.1, -0.05) is 159 Å². The minimum Gasteiger partial charge on any atom is -0.486 e. The lowest BCUT2D eigenvalue weighted by Gasteiger charge is -2.29. The molecular weight excluding hydrogens is 657 g/mol. The van der Waals surface area contributed by atoms with Crippen LogP contribution in [0.3, 0.4) is 0 Å². The summed E-state index contributed by atoms with van der Waals surface area (Å²) in [6.45, 7) is 9.07. The fourth-order valence-electron chi connectivity index (χ4n) is 8.15. The quantitative estimate of drug-likeness (QED) is 0.140. The van der Waals surface area contributed by atoms with Crippen molar-refractivity contribution in [2.24, 2.45) is 4.99 Å². The number of hydrogen-bond donors (Lipinski definition) is 0. The molecule has 8 aromatic carbocycles. The Labute approximate surface area is 317 Å². The van der Waals surface area contributed by atoms with Gasteiger partial charge in [-0.25, -0.2) is 0 Å². The SMILES string of the molecule is C=Nc1c(OCc2ccccc2)c(-c2ccc(N(c3ccc4c(c3)-c3ccccc3C4(C)C)c3ccccc3-c3ccccc3)cc2)cc2ccccc12. The topological polar surface area (TPSA) is 24.8 Å². The zero-order valence-electron chi connectivity index (χ0n) is 30.5. The monoisotopic (exact) mass is 696 g/mol. The van der Waals surface area contributed by atoms with Crippen LogP contribution in [0.15, 0.2) is 187 Å². The number of anilines is 3. The standard InChI is InChI=1S/C51H40N2O/c1-51(2)46-24-14-12-23-43(46)45-33-40(30-31-47(45)51)53(48-25-15-13-21-41(48)36-18-8-5-9-19-36)39-28-26-37(27-29-39)44-32-38-20-10-11-22-42(38)49(52-3)50(44)54-34-35-16-6-4-7-17-35/h4-33H,3,34H2,1-2H3. The molecule has 9 rings (SSSR count). The minimum atomic E-state index is -0.0713. The molecule has 0 unspecified atom stereocenters. The molecule has 0 bridgehead atoms. The van der Waals surface area contributed by atoms with Crippen LogP contribution in [0.1, 0.15) is 30.5 Å². The molecule has 0 heterocycles. The zero-order chi connectivity index (χ0) is 36.6. The number of ether oxygens (including phenoxy) is 1. The van der Waals surface area contributed by atoms with Crippen molar-refractivity contribution in [3.05, 3.63) is 199 Å². The molecule has 0 amide bonds. The first kappa shape index (κ1) is 33.1. The molecule has 3 heteroatoms. The summed E-state index contributed by atoms with van der Waals surface area (Å²) in [5, 5.41) is 2.10. The van der Waals surface area contributed by atoms with Gasteiger partial charge in [-0.2, -0.15) is 0 Å². The van der Waals surface area contributed by atoms with Gasteiger partial charge in [0.2, 0.25) is 0 Å². The van der Waals surface area contributed by atoms with E-state index in [-0.39, 0.29) is 5.41 Å². The van der Waals surface area contributed by atoms with Crippen LogP contribution in [0.4, 0.5) is 22.7 Å². The number of rotatable bonds is 9. The third-order valence-electron chi connectivity index (χ3n) is 10.9. The van der Waals surface area contributed by atoms with Gasteiger partial charge >= 0.3 is 0 Å². The fourth-order valence-corrected chi connectivity index (χ4v) is 8.15. The molecule has 0 fully saturated rings. The molecule has 0 saturated heterocycles. The van der Waals surface area contributed by atoms with Crippen LogP contribution in [0.25, 0.3) is 44.2 Å². The van der Waals surface area contributed by atoms with Crippen LogP contribution in [-0.4, -0.2) is 6.72 Å². The predicted octanol–water partition coefficient (Wildman–Crippen LogP) is 13.9. The van der Waals surface area contributed by atoms with Gasteiger partial charge in [0.25, 0.3) is 0 Å². The molecule has 0 aromatic heterocycles. The van der Waals surface area contributed by atoms with E-state index in [1.54, 1.807) is 0 Å². The lowest BCUT2D eigenvalue weighted by molar-refractivity contribution is 0.309. The Morgan fingerprint density at radius 2 is 1.15 bits per heavy atom. The van der Waals surface area contributed by atoms with E-state index < -0.39 is 0 Å². The highest BCUT2D eigenvalue weighted by Crippen LogP contribution is 2.51. The van der Waals surface area contributed by atoms with Crippen LogP contribution in [0.5, 0.6) is 5.75 Å². The zero-order valence-corrected chi connectivity index (χ0v) is 30.5. The summed E-state index contributed by atoms with van der Waals surface area (Å²) < 4.78 is 6.63. The second kappa shape index (κ2) is 13.7. The second-order valence-electron chi connectivity index (χ2n) is 14.4. The maximum atomic E-state index is 6.63. The van der Waals surface area contributed by atoms with E-state index in [1.165, 1.54) is 27.8 Å². The van der Waals surface area contributed by atoms with Gasteiger partial charge in [-0.15, -0.1) is 0 Å². The van der Waals surface area contributed by atoms with E-state index in [0.717, 1.165) is 61.5 Å². The molecule has 1 aliphatic carbocycles. The number of hydrogen-bond acceptors (Lipinski definition) is 3. The largest absolute Gasteiger partial charge is 0.486 e. The van der Waals surface area contributed by atoms with Crippen LogP contribution in [0.2, 0.25) is 0 Å². The number of fused-ring (bicyclic) bond motifs is 4. The highest BCUT2D eigenvalue weighted by Gasteiger charge is 2.35. The van der Waals surface area contributed by atoms with Gasteiger partial charge in [0.15, 0.2) is 5.75 Å². The predicted molar refractivity (Wildman–Crippen MR) is 227 cm³/mol. The van der Waals surface area contributed by atoms with Crippen molar-refractivity contribution in [3.63, 3.8) is 0 Å². The Kier molecular flexibility index (Phi) is 8.40. The average molecular weight is 697 g/mol. The van der Waals surface area contributed by atoms with Gasteiger partial charge in [-0.3, -0.25) is 4.99 Å². The molecule has 0 saturated carbocycles. The van der Waals surface area contributed by atoms with Crippen molar-refractivity contribution in [2.75, 3.05) is 4.90 Å². The summed E-state index contributed by atoms with van der Waals surface area (Å²) in [5.74, 6) is 0.728. The first-order valence-electron chi connectivity index (χ1n) is 18.5. The van der Waals surface area contributed by atoms with Crippen LogP contribution in [-0.2, 0) is 12.0 Å². The Balaban J connectivity index is 1.20. The maximum absolute atomic E-state index is 6.63. The van der Waals surface area contributed by atoms with E-state index >= 15 is 0 Å². The van der Waals surface area contributed by atoms with Gasteiger partial charge in [0, 0.05) is 33.3 Å². The molecule has 0 atom stereocenters. The van der Waals surface area contributed by atoms with E-state index in [9.17, 15) is 0 Å². The highest BCUT2D eigenvalue weighted by atomic mass is 16.5. The van der Waals surface area contributed by atoms with Crippen molar-refractivity contribution >= 4 is 40.2 Å². The van der Waals surface area contributed by atoms with Crippen molar-refractivity contribution in [1.82, 2.24) is 0 Å². The van der Waals surface area contributed by atoms with E-state index in [0.29, 0.717) is 6.61 Å².